The van der Waals surface area contributed by atoms with Crippen molar-refractivity contribution in [3.05, 3.63) is 87.9 Å². The van der Waals surface area contributed by atoms with Gasteiger partial charge in [-0.3, -0.25) is 13.9 Å². The normalized spacial score (nSPS) is 12.1. The summed E-state index contributed by atoms with van der Waals surface area (Å²) >= 11 is 12.8. The molecule has 0 aliphatic heterocycles. The van der Waals surface area contributed by atoms with Crippen molar-refractivity contribution in [2.75, 3.05) is 24.5 Å². The third kappa shape index (κ3) is 8.18. The van der Waals surface area contributed by atoms with Crippen LogP contribution < -0.4 is 14.4 Å². The van der Waals surface area contributed by atoms with Crippen molar-refractivity contribution in [3.63, 3.8) is 0 Å². The van der Waals surface area contributed by atoms with E-state index in [0.717, 1.165) is 9.87 Å². The van der Waals surface area contributed by atoms with Crippen LogP contribution in [0.3, 0.4) is 0 Å². The second-order valence-electron chi connectivity index (χ2n) is 10.3. The lowest BCUT2D eigenvalue weighted by Crippen LogP contribution is -2.52. The van der Waals surface area contributed by atoms with E-state index >= 15 is 0 Å². The molecule has 3 aromatic carbocycles. The van der Waals surface area contributed by atoms with Crippen LogP contribution in [0.5, 0.6) is 5.75 Å². The molecule has 0 aromatic heterocycles. The van der Waals surface area contributed by atoms with Crippen LogP contribution in [0.15, 0.2) is 71.6 Å². The van der Waals surface area contributed by atoms with Crippen molar-refractivity contribution >= 4 is 50.7 Å². The van der Waals surface area contributed by atoms with Gasteiger partial charge in [-0.05, 0) is 61.2 Å². The lowest BCUT2D eigenvalue weighted by atomic mass is 10.1. The molecule has 0 heterocycles. The molecule has 0 aliphatic rings. The standard InChI is InChI=1S/C31H37Cl2N3O5S/c1-6-27(31(38)34-18-21(2)3)35(19-23-9-7-10-24(17-23)41-5)29(37)20-36(28-12-8-11-26(32)30(28)33)42(39,40)25-15-13-22(4)14-16-25/h7-17,21,27H,6,18-20H2,1-5H3,(H,34,38)/t27-/m0/s1. The lowest BCUT2D eigenvalue weighted by molar-refractivity contribution is -0.140. The third-order valence-corrected chi connectivity index (χ3v) is 9.23. The molecule has 0 aliphatic carbocycles. The average molecular weight is 635 g/mol. The molecule has 0 bridgehead atoms. The Morgan fingerprint density at radius 3 is 2.29 bits per heavy atom. The number of aryl methyl sites for hydroxylation is 1. The van der Waals surface area contributed by atoms with Crippen molar-refractivity contribution in [2.45, 2.75) is 51.6 Å². The molecule has 0 fully saturated rings. The SMILES string of the molecule is CC[C@@H](C(=O)NCC(C)C)N(Cc1cccc(OC)c1)C(=O)CN(c1cccc(Cl)c1Cl)S(=O)(=O)c1ccc(C)cc1. The minimum atomic E-state index is -4.27. The molecule has 8 nitrogen and oxygen atoms in total. The van der Waals surface area contributed by atoms with E-state index in [0.29, 0.717) is 24.3 Å². The summed E-state index contributed by atoms with van der Waals surface area (Å²) in [6.45, 7) is 7.46. The summed E-state index contributed by atoms with van der Waals surface area (Å²) in [6, 6.07) is 17.2. The van der Waals surface area contributed by atoms with Crippen LogP contribution in [0, 0.1) is 12.8 Å². The van der Waals surface area contributed by atoms with Crippen LogP contribution in [0.4, 0.5) is 5.69 Å². The van der Waals surface area contributed by atoms with E-state index in [4.69, 9.17) is 27.9 Å². The summed E-state index contributed by atoms with van der Waals surface area (Å²) in [4.78, 5) is 28.9. The van der Waals surface area contributed by atoms with Gasteiger partial charge in [-0.25, -0.2) is 8.42 Å². The number of carbonyl (C=O) groups excluding carboxylic acids is 2. The number of nitrogens with zero attached hydrogens (tertiary/aromatic N) is 2. The number of anilines is 1. The third-order valence-electron chi connectivity index (χ3n) is 6.65. The van der Waals surface area contributed by atoms with Crippen LogP contribution in [0.2, 0.25) is 10.0 Å². The van der Waals surface area contributed by atoms with E-state index < -0.39 is 28.5 Å². The largest absolute Gasteiger partial charge is 0.497 e. The second-order valence-corrected chi connectivity index (χ2v) is 13.0. The Balaban J connectivity index is 2.10. The van der Waals surface area contributed by atoms with Crippen LogP contribution in [0.1, 0.15) is 38.3 Å². The number of ether oxygens (including phenoxy) is 1. The summed E-state index contributed by atoms with van der Waals surface area (Å²) in [5, 5.41) is 3.04. The Hall–Kier alpha value is -3.27. The number of hydrogen-bond donors (Lipinski definition) is 1. The van der Waals surface area contributed by atoms with Crippen LogP contribution in [-0.2, 0) is 26.2 Å². The molecule has 0 radical (unpaired) electrons. The van der Waals surface area contributed by atoms with Crippen molar-refractivity contribution < 1.29 is 22.7 Å². The number of halogens is 2. The van der Waals surface area contributed by atoms with E-state index in [-0.39, 0.29) is 39.0 Å². The molecule has 1 atom stereocenters. The first kappa shape index (κ1) is 33.2. The van der Waals surface area contributed by atoms with Gasteiger partial charge >= 0.3 is 0 Å². The van der Waals surface area contributed by atoms with Gasteiger partial charge in [0.15, 0.2) is 0 Å². The van der Waals surface area contributed by atoms with E-state index in [1.54, 1.807) is 50.4 Å². The Bertz CT molecular complexity index is 1500. The van der Waals surface area contributed by atoms with Gasteiger partial charge < -0.3 is 15.0 Å². The highest BCUT2D eigenvalue weighted by Gasteiger charge is 2.34. The highest BCUT2D eigenvalue weighted by Crippen LogP contribution is 2.35. The molecular weight excluding hydrogens is 597 g/mol. The number of nitrogens with one attached hydrogen (secondary N) is 1. The smallest absolute Gasteiger partial charge is 0.264 e. The zero-order chi connectivity index (χ0) is 31.0. The maximum absolute atomic E-state index is 14.2. The molecule has 2 amide bonds. The summed E-state index contributed by atoms with van der Waals surface area (Å²) < 4.78 is 34.3. The first-order valence-electron chi connectivity index (χ1n) is 13.6. The number of amides is 2. The maximum atomic E-state index is 14.2. The number of rotatable bonds is 13. The number of hydrogen-bond acceptors (Lipinski definition) is 5. The maximum Gasteiger partial charge on any atom is 0.264 e. The molecule has 0 saturated heterocycles. The molecule has 0 spiro atoms. The number of methoxy groups -OCH3 is 1. The van der Waals surface area contributed by atoms with Crippen molar-refractivity contribution in [1.82, 2.24) is 10.2 Å². The molecule has 11 heteroatoms. The minimum Gasteiger partial charge on any atom is -0.497 e. The Morgan fingerprint density at radius 1 is 1.00 bits per heavy atom. The van der Waals surface area contributed by atoms with E-state index in [2.05, 4.69) is 5.32 Å². The fraction of sp³-hybridized carbons (Fsp3) is 0.355. The first-order valence-corrected chi connectivity index (χ1v) is 15.8. The summed E-state index contributed by atoms with van der Waals surface area (Å²) in [5.74, 6) is -0.118. The molecule has 226 valence electrons. The molecule has 1 N–H and O–H groups in total. The van der Waals surface area contributed by atoms with Gasteiger partial charge in [-0.1, -0.05) is 79.9 Å². The predicted molar refractivity (Wildman–Crippen MR) is 168 cm³/mol. The zero-order valence-corrected chi connectivity index (χ0v) is 26.8. The van der Waals surface area contributed by atoms with Crippen molar-refractivity contribution in [2.24, 2.45) is 5.92 Å². The molecular formula is C31H37Cl2N3O5S. The van der Waals surface area contributed by atoms with Gasteiger partial charge in [0.25, 0.3) is 10.0 Å². The van der Waals surface area contributed by atoms with Crippen molar-refractivity contribution in [1.29, 1.82) is 0 Å². The number of sulfonamides is 1. The summed E-state index contributed by atoms with van der Waals surface area (Å²) in [5.41, 5.74) is 1.64. The summed E-state index contributed by atoms with van der Waals surface area (Å²) in [7, 11) is -2.73. The highest BCUT2D eigenvalue weighted by molar-refractivity contribution is 7.92. The monoisotopic (exact) mass is 633 g/mol. The van der Waals surface area contributed by atoms with E-state index in [9.17, 15) is 18.0 Å². The predicted octanol–water partition coefficient (Wildman–Crippen LogP) is 6.09. The number of benzene rings is 3. The quantitative estimate of drug-likeness (QED) is 0.246. The Morgan fingerprint density at radius 2 is 1.67 bits per heavy atom. The van der Waals surface area contributed by atoms with Crippen LogP contribution >= 0.6 is 23.2 Å². The highest BCUT2D eigenvalue weighted by atomic mass is 35.5. The molecule has 3 aromatic rings. The van der Waals surface area contributed by atoms with E-state index in [1.807, 2.05) is 26.8 Å². The van der Waals surface area contributed by atoms with Gasteiger partial charge in [-0.2, -0.15) is 0 Å². The topological polar surface area (TPSA) is 96.0 Å². The van der Waals surface area contributed by atoms with Gasteiger partial charge in [0, 0.05) is 13.1 Å². The average Bonchev–Trinajstić information content (AvgIpc) is 2.96. The first-order chi connectivity index (χ1) is 19.9. The fourth-order valence-corrected chi connectivity index (χ4v) is 6.22. The van der Waals surface area contributed by atoms with Crippen LogP contribution in [0.25, 0.3) is 0 Å². The van der Waals surface area contributed by atoms with Gasteiger partial charge in [0.1, 0.15) is 18.3 Å². The van der Waals surface area contributed by atoms with Gasteiger partial charge in [0.2, 0.25) is 11.8 Å². The fourth-order valence-electron chi connectivity index (χ4n) is 4.35. The molecule has 42 heavy (non-hydrogen) atoms. The Kier molecular flexibility index (Phi) is 11.7. The second kappa shape index (κ2) is 14.8. The summed E-state index contributed by atoms with van der Waals surface area (Å²) in [6.07, 6.45) is 0.308. The number of carbonyl (C=O) groups is 2. The Labute approximate surface area is 258 Å². The van der Waals surface area contributed by atoms with Gasteiger partial charge in [-0.15, -0.1) is 0 Å². The zero-order valence-electron chi connectivity index (χ0n) is 24.4. The van der Waals surface area contributed by atoms with Crippen molar-refractivity contribution in [3.8, 4) is 5.75 Å². The van der Waals surface area contributed by atoms with Gasteiger partial charge in [0.05, 0.1) is 27.7 Å². The van der Waals surface area contributed by atoms with E-state index in [1.165, 1.54) is 29.2 Å². The van der Waals surface area contributed by atoms with Crippen LogP contribution in [-0.4, -0.2) is 51.4 Å². The molecule has 0 saturated carbocycles. The lowest BCUT2D eigenvalue weighted by Gasteiger charge is -2.33. The molecule has 3 rings (SSSR count). The minimum absolute atomic E-state index is 0.0104. The molecule has 0 unspecified atom stereocenters.